The van der Waals surface area contributed by atoms with E-state index < -0.39 is 71.7 Å². The summed E-state index contributed by atoms with van der Waals surface area (Å²) in [5.74, 6) is -8.39. The molecule has 2 aliphatic rings. The number of fused-ring (bicyclic) bond motifs is 1. The minimum Gasteiger partial charge on any atom is -0.343 e. The van der Waals surface area contributed by atoms with Crippen molar-refractivity contribution in [1.82, 2.24) is 24.8 Å². The lowest BCUT2D eigenvalue weighted by atomic mass is 10.1. The molecule has 0 bridgehead atoms. The molecular weight excluding hydrogens is 1440 g/mol. The molecule has 1 aromatic heterocycles. The number of nitrogens with zero attached hydrogens (tertiary/aromatic N) is 7. The fourth-order valence-electron chi connectivity index (χ4n) is 8.00. The van der Waals surface area contributed by atoms with E-state index in [0.717, 1.165) is 69.3 Å². The number of nitro benzene ring substituents is 2. The summed E-state index contributed by atoms with van der Waals surface area (Å²) in [6, 6.07) is 20.5. The molecule has 0 radical (unpaired) electrons. The van der Waals surface area contributed by atoms with Gasteiger partial charge >= 0.3 is 18.5 Å². The monoisotopic (exact) mass is 1530 g/mol. The topological polar surface area (TPSA) is 192 Å². The van der Waals surface area contributed by atoms with Gasteiger partial charge in [-0.3, -0.25) is 44.3 Å². The minimum atomic E-state index is -5.17. The number of hydrogen-bond acceptors (Lipinski definition) is 10. The van der Waals surface area contributed by atoms with E-state index in [0.29, 0.717) is 59.2 Å². The number of amides is 3. The first-order chi connectivity index (χ1) is 44.7. The summed E-state index contributed by atoms with van der Waals surface area (Å²) < 4.78 is 155. The molecule has 2 saturated heterocycles. The lowest BCUT2D eigenvalue weighted by Crippen LogP contribution is -2.35. The van der Waals surface area contributed by atoms with Crippen LogP contribution >= 0.6 is 58.0 Å². The van der Waals surface area contributed by atoms with Crippen LogP contribution in [-0.4, -0.2) is 90.5 Å². The van der Waals surface area contributed by atoms with Crippen molar-refractivity contribution in [2.75, 3.05) is 19.6 Å². The summed E-state index contributed by atoms with van der Waals surface area (Å²) in [6.45, 7) is 19.4. The van der Waals surface area contributed by atoms with Crippen LogP contribution in [0.5, 0.6) is 0 Å². The lowest BCUT2D eigenvalue weighted by Gasteiger charge is -2.20. The van der Waals surface area contributed by atoms with E-state index in [1.54, 1.807) is 43.3 Å². The van der Waals surface area contributed by atoms with Crippen LogP contribution < -0.4 is 5.56 Å². The van der Waals surface area contributed by atoms with Crippen molar-refractivity contribution in [3.63, 3.8) is 0 Å². The van der Waals surface area contributed by atoms with Crippen molar-refractivity contribution >= 4 is 98.0 Å². The Balaban J connectivity index is -0.000000514. The predicted octanol–water partition coefficient (Wildman–Crippen LogP) is 21.9. The number of imide groups is 1. The highest BCUT2D eigenvalue weighted by atomic mass is 35.5. The molecule has 3 amide bonds. The standard InChI is InChI=1S/C9H8F4.C9H9N3O.C8H5Cl5.2C8H9NO2.C6H9NO2.C6H11NO.C5H6F6.C4H7F3.3CH4/c1-3-5-6(10)4(2)7(11)9(13)8(5)12;1-2-12-9(13)7-5-3-4-6-8(7)10-11-12;1-2-3-4(9)6(11)8(13)7(12)5(3)10;1-2-7-3-5-8(6-4-7)9(10)11;1-2-7-4-3-5-8(6-7)9(10)11;1-2-7-5(8)3-4-6(7)9;1-2-7-5-3-4-6(7)8;1-2-3(4(6,7)8)5(9,10)11;1-2-3-4(5,6)7;;;/h3H2,1-2H3;3-6H,2H2,1H3;2H2,1H3;2*3-6H,2H2,1H3;2-4H2,1H3;2-5H2,1H3;3H,2H2,1H3;2-3H2,1H3;3*1H4. The number of carbonyl (C=O) groups is 3. The molecule has 6 aromatic rings. The Hall–Kier alpha value is -6.88. The molecular formula is C66H85Cl5F13N7O8. The zero-order valence-corrected chi connectivity index (χ0v) is 57.6. The molecule has 3 heterocycles. The van der Waals surface area contributed by atoms with E-state index >= 15 is 0 Å². The number of nitro groups is 2. The Labute approximate surface area is 593 Å². The normalized spacial score (nSPS) is 12.1. The maximum absolute atomic E-state index is 13.1. The molecule has 0 N–H and O–H groups in total. The van der Waals surface area contributed by atoms with Crippen molar-refractivity contribution in [2.45, 2.75) is 187 Å². The first kappa shape index (κ1) is 98.5. The number of aromatic nitrogens is 3. The SMILES string of the molecule is C.C.C.CCC(C(F)(F)F)C(F)(F)F.CCCC(F)(F)F.CCN1C(=O)CCC1=O.CCN1CCCC1=O.CCc1c(Cl)c(Cl)c(Cl)c(Cl)c1Cl.CCc1c(F)c(C)c(F)c(F)c1F.CCc1ccc([N+](=O)[O-])cc1.CCc1cccc([N+](=O)[O-])c1.CCn1nnc2ccccc2c1=O. The summed E-state index contributed by atoms with van der Waals surface area (Å²) in [7, 11) is 0. The molecule has 2 aliphatic heterocycles. The second kappa shape index (κ2) is 48.0. The van der Waals surface area contributed by atoms with E-state index in [1.165, 1.54) is 41.6 Å². The summed E-state index contributed by atoms with van der Waals surface area (Å²) in [4.78, 5) is 66.7. The van der Waals surface area contributed by atoms with Crippen LogP contribution in [0.1, 0.15) is 157 Å². The van der Waals surface area contributed by atoms with Crippen LogP contribution in [0.25, 0.3) is 10.9 Å². The van der Waals surface area contributed by atoms with E-state index in [-0.39, 0.29) is 88.8 Å². The summed E-state index contributed by atoms with van der Waals surface area (Å²) in [6.07, 6.45) is -10.7. The minimum absolute atomic E-state index is 0. The van der Waals surface area contributed by atoms with Crippen molar-refractivity contribution in [2.24, 2.45) is 5.92 Å². The Morgan fingerprint density at radius 1 is 0.535 bits per heavy atom. The van der Waals surface area contributed by atoms with Crippen LogP contribution in [0, 0.1) is 56.3 Å². The second-order valence-electron chi connectivity index (χ2n) is 19.9. The third-order valence-electron chi connectivity index (χ3n) is 13.4. The number of aryl methyl sites for hydroxylation is 3. The van der Waals surface area contributed by atoms with Crippen molar-refractivity contribution in [3.8, 4) is 0 Å². The molecule has 558 valence electrons. The van der Waals surface area contributed by atoms with Crippen molar-refractivity contribution in [1.29, 1.82) is 0 Å². The molecule has 99 heavy (non-hydrogen) atoms. The van der Waals surface area contributed by atoms with E-state index in [2.05, 4.69) is 10.3 Å². The molecule has 8 rings (SSSR count). The molecule has 0 unspecified atom stereocenters. The Bertz CT molecular complexity index is 3390. The van der Waals surface area contributed by atoms with E-state index in [4.69, 9.17) is 58.0 Å². The van der Waals surface area contributed by atoms with Crippen LogP contribution in [0.4, 0.5) is 68.5 Å². The quantitative estimate of drug-likeness (QED) is 0.0301. The second-order valence-corrected chi connectivity index (χ2v) is 21.8. The summed E-state index contributed by atoms with van der Waals surface area (Å²) >= 11 is 29.3. The highest BCUT2D eigenvalue weighted by molar-refractivity contribution is 6.55. The third-order valence-corrected chi connectivity index (χ3v) is 15.7. The maximum atomic E-state index is 13.1. The number of rotatable bonds is 11. The van der Waals surface area contributed by atoms with Crippen LogP contribution in [0.15, 0.2) is 77.6 Å². The number of alkyl halides is 9. The average molecular weight is 1530 g/mol. The van der Waals surface area contributed by atoms with Gasteiger partial charge in [-0.15, -0.1) is 5.10 Å². The fraction of sp³-hybridized carbons (Fsp3) is 0.485. The van der Waals surface area contributed by atoms with Gasteiger partial charge in [0, 0.05) is 87.3 Å². The number of carbonyl (C=O) groups excluding carboxylic acids is 3. The molecule has 0 saturated carbocycles. The molecule has 2 fully saturated rings. The van der Waals surface area contributed by atoms with Crippen molar-refractivity contribution in [3.05, 3.63) is 180 Å². The smallest absolute Gasteiger partial charge is 0.343 e. The van der Waals surface area contributed by atoms with E-state index in [1.807, 2.05) is 57.7 Å². The van der Waals surface area contributed by atoms with Crippen molar-refractivity contribution < 1.29 is 81.3 Å². The maximum Gasteiger partial charge on any atom is 0.400 e. The molecule has 0 spiro atoms. The number of likely N-dealkylation sites (tertiary alicyclic amines) is 2. The van der Waals surface area contributed by atoms with Gasteiger partial charge in [0.2, 0.25) is 17.7 Å². The Morgan fingerprint density at radius 3 is 1.36 bits per heavy atom. The van der Waals surface area contributed by atoms with Gasteiger partial charge in [0.25, 0.3) is 16.9 Å². The Morgan fingerprint density at radius 2 is 1.02 bits per heavy atom. The fourth-order valence-corrected chi connectivity index (χ4v) is 9.45. The zero-order chi connectivity index (χ0) is 74.2. The van der Waals surface area contributed by atoms with E-state index in [9.17, 15) is 96.5 Å². The third kappa shape index (κ3) is 33.0. The molecule has 5 aromatic carbocycles. The van der Waals surface area contributed by atoms with Gasteiger partial charge in [-0.2, -0.15) is 39.5 Å². The van der Waals surface area contributed by atoms with Crippen LogP contribution in [0.2, 0.25) is 25.1 Å². The number of halogens is 18. The lowest BCUT2D eigenvalue weighted by molar-refractivity contribution is -0.385. The first-order valence-electron chi connectivity index (χ1n) is 29.6. The summed E-state index contributed by atoms with van der Waals surface area (Å²) in [5.41, 5.74) is 2.86. The molecule has 0 atom stereocenters. The highest BCUT2D eigenvalue weighted by Crippen LogP contribution is 2.44. The van der Waals surface area contributed by atoms with Gasteiger partial charge in [-0.25, -0.2) is 22.2 Å². The molecule has 33 heteroatoms. The first-order valence-corrected chi connectivity index (χ1v) is 31.5. The highest BCUT2D eigenvalue weighted by Gasteiger charge is 2.55. The number of hydrogen-bond donors (Lipinski definition) is 0. The van der Waals surface area contributed by atoms with Gasteiger partial charge in [-0.1, -0.05) is 163 Å². The van der Waals surface area contributed by atoms with Gasteiger partial charge in [0.15, 0.2) is 17.5 Å². The van der Waals surface area contributed by atoms with Crippen LogP contribution in [-0.2, 0) is 46.6 Å². The van der Waals surface area contributed by atoms with Gasteiger partial charge in [-0.05, 0) is 101 Å². The Kier molecular flexibility index (Phi) is 47.8. The summed E-state index contributed by atoms with van der Waals surface area (Å²) in [5, 5.41) is 30.3. The van der Waals surface area contributed by atoms with Crippen LogP contribution in [0.3, 0.4) is 0 Å². The predicted molar refractivity (Wildman–Crippen MR) is 366 cm³/mol. The largest absolute Gasteiger partial charge is 0.400 e. The zero-order valence-electron chi connectivity index (χ0n) is 53.8. The van der Waals surface area contributed by atoms with Gasteiger partial charge in [0.1, 0.15) is 17.3 Å². The average Bonchev–Trinajstić information content (AvgIpc) is 1.53. The van der Waals surface area contributed by atoms with Gasteiger partial charge < -0.3 is 4.90 Å². The number of non-ortho nitro benzene ring substituents is 2. The molecule has 0 aliphatic carbocycles. The van der Waals surface area contributed by atoms with Gasteiger partial charge in [0.05, 0.1) is 40.3 Å². The number of benzene rings is 5. The molecule has 15 nitrogen and oxygen atoms in total.